The fourth-order valence-corrected chi connectivity index (χ4v) is 3.99. The van der Waals surface area contributed by atoms with Crippen LogP contribution in [0.1, 0.15) is 52.8 Å². The average Bonchev–Trinajstić information content (AvgIpc) is 3.11. The molecule has 1 amide bonds. The van der Waals surface area contributed by atoms with Gasteiger partial charge < -0.3 is 9.32 Å². The third-order valence-corrected chi connectivity index (χ3v) is 5.49. The van der Waals surface area contributed by atoms with Gasteiger partial charge in [0.2, 0.25) is 0 Å². The number of nitrogens with one attached hydrogen (secondary N) is 1. The minimum absolute atomic E-state index is 0.106. The van der Waals surface area contributed by atoms with Crippen LogP contribution in [0.5, 0.6) is 0 Å². The maximum Gasteiger partial charge on any atom is 0.294 e. The lowest BCUT2D eigenvalue weighted by atomic mass is 9.93. The fraction of sp³-hybridized carbons (Fsp3) is 0.280. The van der Waals surface area contributed by atoms with Crippen LogP contribution in [0.15, 0.2) is 64.1 Å². The summed E-state index contributed by atoms with van der Waals surface area (Å²) in [4.78, 5) is 15.2. The smallest absolute Gasteiger partial charge is 0.294 e. The molecule has 4 rings (SSSR count). The number of carbonyl (C=O) groups excluding carboxylic acids is 1. The van der Waals surface area contributed by atoms with E-state index in [2.05, 4.69) is 10.5 Å². The second-order valence-corrected chi connectivity index (χ2v) is 7.63. The zero-order valence-corrected chi connectivity index (χ0v) is 17.7. The lowest BCUT2D eigenvalue weighted by Gasteiger charge is -2.20. The molecule has 5 nitrogen and oxygen atoms in total. The lowest BCUT2D eigenvalue weighted by Crippen LogP contribution is -2.30. The highest BCUT2D eigenvalue weighted by Gasteiger charge is 2.30. The monoisotopic (exact) mass is 401 g/mol. The topological polar surface area (TPSA) is 57.8 Å². The van der Waals surface area contributed by atoms with Crippen molar-refractivity contribution in [1.29, 1.82) is 0 Å². The van der Waals surface area contributed by atoms with Gasteiger partial charge in [-0.25, -0.2) is 0 Å². The summed E-state index contributed by atoms with van der Waals surface area (Å²) in [5.41, 5.74) is 8.87. The fourth-order valence-electron chi connectivity index (χ4n) is 3.99. The van der Waals surface area contributed by atoms with Crippen molar-refractivity contribution in [2.45, 2.75) is 40.0 Å². The first-order valence-electron chi connectivity index (χ1n) is 10.5. The first-order chi connectivity index (χ1) is 14.6. The number of anilines is 2. The molecule has 0 aliphatic heterocycles. The van der Waals surface area contributed by atoms with Gasteiger partial charge in [0.25, 0.3) is 5.91 Å². The van der Waals surface area contributed by atoms with Gasteiger partial charge in [0.1, 0.15) is 5.76 Å². The summed E-state index contributed by atoms with van der Waals surface area (Å²) < 4.78 is 6.12. The predicted molar refractivity (Wildman–Crippen MR) is 122 cm³/mol. The Morgan fingerprint density at radius 2 is 1.90 bits per heavy atom. The molecular formula is C25H27N3O2. The van der Waals surface area contributed by atoms with E-state index in [1.807, 2.05) is 75.4 Å². The molecule has 0 spiro atoms. The largest absolute Gasteiger partial charge is 0.455 e. The van der Waals surface area contributed by atoms with Crippen LogP contribution in [-0.2, 0) is 6.42 Å². The Morgan fingerprint density at radius 3 is 2.63 bits per heavy atom. The van der Waals surface area contributed by atoms with Crippen LogP contribution in [0, 0.1) is 13.8 Å². The third kappa shape index (κ3) is 3.88. The van der Waals surface area contributed by atoms with E-state index in [4.69, 9.17) is 4.42 Å². The molecule has 0 atom stereocenters. The van der Waals surface area contributed by atoms with E-state index in [1.54, 1.807) is 4.90 Å². The molecule has 3 aromatic rings. The lowest BCUT2D eigenvalue weighted by molar-refractivity contribution is 0.0959. The first-order valence-corrected chi connectivity index (χ1v) is 10.5. The molecule has 1 heterocycles. The van der Waals surface area contributed by atoms with E-state index < -0.39 is 0 Å². The van der Waals surface area contributed by atoms with Gasteiger partial charge in [-0.3, -0.25) is 10.2 Å². The molecule has 0 bridgehead atoms. The van der Waals surface area contributed by atoms with E-state index >= 15 is 0 Å². The highest BCUT2D eigenvalue weighted by molar-refractivity contribution is 6.10. The Hall–Kier alpha value is -3.34. The van der Waals surface area contributed by atoms with Crippen molar-refractivity contribution in [2.24, 2.45) is 5.10 Å². The number of furan rings is 1. The summed E-state index contributed by atoms with van der Waals surface area (Å²) in [7, 11) is 0. The summed E-state index contributed by atoms with van der Waals surface area (Å²) in [5.74, 6) is 1.17. The number of rotatable bonds is 5. The molecule has 2 aromatic carbocycles. The number of amides is 1. The van der Waals surface area contributed by atoms with Crippen LogP contribution in [-0.4, -0.2) is 18.2 Å². The van der Waals surface area contributed by atoms with Gasteiger partial charge in [0.15, 0.2) is 5.76 Å². The maximum atomic E-state index is 13.4. The molecule has 1 N–H and O–H groups in total. The van der Waals surface area contributed by atoms with E-state index in [0.29, 0.717) is 12.3 Å². The van der Waals surface area contributed by atoms with Gasteiger partial charge >= 0.3 is 0 Å². The Morgan fingerprint density at radius 1 is 1.10 bits per heavy atom. The third-order valence-electron chi connectivity index (χ3n) is 5.49. The highest BCUT2D eigenvalue weighted by Crippen LogP contribution is 2.31. The molecule has 0 saturated carbocycles. The second-order valence-electron chi connectivity index (χ2n) is 7.63. The number of hydrogen-bond acceptors (Lipinski definition) is 4. The van der Waals surface area contributed by atoms with Crippen LogP contribution in [0.25, 0.3) is 0 Å². The Labute approximate surface area is 177 Å². The van der Waals surface area contributed by atoms with Crippen molar-refractivity contribution in [3.05, 3.63) is 82.8 Å². The number of fused-ring (bicyclic) bond motifs is 1. The quantitative estimate of drug-likeness (QED) is 0.557. The van der Waals surface area contributed by atoms with Crippen molar-refractivity contribution >= 4 is 23.0 Å². The maximum absolute atomic E-state index is 13.4. The summed E-state index contributed by atoms with van der Waals surface area (Å²) in [6.45, 7) is 6.54. The Kier molecular flexibility index (Phi) is 5.70. The molecule has 154 valence electrons. The van der Waals surface area contributed by atoms with Crippen LogP contribution >= 0.6 is 0 Å². The molecule has 0 saturated heterocycles. The van der Waals surface area contributed by atoms with E-state index in [9.17, 15) is 4.79 Å². The molecule has 1 aliphatic carbocycles. The number of nitrogens with zero attached hydrogens (tertiary/aromatic N) is 2. The Balaban J connectivity index is 1.66. The molecule has 1 aliphatic rings. The van der Waals surface area contributed by atoms with E-state index in [-0.39, 0.29) is 5.91 Å². The zero-order chi connectivity index (χ0) is 21.1. The van der Waals surface area contributed by atoms with Gasteiger partial charge in [0.05, 0.1) is 11.4 Å². The number of para-hydroxylation sites is 1. The van der Waals surface area contributed by atoms with Crippen molar-refractivity contribution in [2.75, 3.05) is 16.9 Å². The van der Waals surface area contributed by atoms with Gasteiger partial charge in [0, 0.05) is 29.8 Å². The molecule has 30 heavy (non-hydrogen) atoms. The van der Waals surface area contributed by atoms with E-state index in [1.165, 1.54) is 0 Å². The minimum Gasteiger partial charge on any atom is -0.455 e. The summed E-state index contributed by atoms with van der Waals surface area (Å²) in [6, 6.07) is 17.9. The second kappa shape index (κ2) is 8.57. The standard InChI is InChI=1S/C25H27N3O2/c1-4-28(20-13-8-10-17(2)16-20)25(29)24-18(3)23-21(14-9-15-22(23)30-24)27-26-19-11-6-5-7-12-19/h5-8,10-13,16,26H,4,9,14-15H2,1-3H3/b27-21+. The number of carbonyl (C=O) groups is 1. The molecule has 1 aromatic heterocycles. The van der Waals surface area contributed by atoms with Crippen molar-refractivity contribution in [3.8, 4) is 0 Å². The molecule has 0 unspecified atom stereocenters. The highest BCUT2D eigenvalue weighted by atomic mass is 16.4. The number of hydrogen-bond donors (Lipinski definition) is 1. The van der Waals surface area contributed by atoms with Gasteiger partial charge in [-0.15, -0.1) is 0 Å². The van der Waals surface area contributed by atoms with Crippen molar-refractivity contribution in [1.82, 2.24) is 0 Å². The minimum atomic E-state index is -0.106. The van der Waals surface area contributed by atoms with E-state index in [0.717, 1.165) is 58.8 Å². The normalized spacial score (nSPS) is 14.4. The zero-order valence-electron chi connectivity index (χ0n) is 17.7. The number of benzene rings is 2. The molecular weight excluding hydrogens is 374 g/mol. The Bertz CT molecular complexity index is 1080. The van der Waals surface area contributed by atoms with Crippen molar-refractivity contribution in [3.63, 3.8) is 0 Å². The van der Waals surface area contributed by atoms with Gasteiger partial charge in [-0.05, 0) is 63.4 Å². The van der Waals surface area contributed by atoms with Crippen LogP contribution in [0.4, 0.5) is 11.4 Å². The predicted octanol–water partition coefficient (Wildman–Crippen LogP) is 5.72. The summed E-state index contributed by atoms with van der Waals surface area (Å²) in [6.07, 6.45) is 2.64. The molecule has 5 heteroatoms. The summed E-state index contributed by atoms with van der Waals surface area (Å²) in [5, 5.41) is 4.64. The number of aryl methyl sites for hydroxylation is 2. The van der Waals surface area contributed by atoms with Crippen LogP contribution in [0.3, 0.4) is 0 Å². The average molecular weight is 402 g/mol. The first kappa shape index (κ1) is 20.0. The molecule has 0 radical (unpaired) electrons. The SMILES string of the molecule is CCN(C(=O)c1oc2c(c1C)/C(=N/Nc1ccccc1)CCC2)c1cccc(C)c1. The van der Waals surface area contributed by atoms with Crippen LogP contribution < -0.4 is 10.3 Å². The molecule has 0 fully saturated rings. The summed E-state index contributed by atoms with van der Waals surface area (Å²) >= 11 is 0. The van der Waals surface area contributed by atoms with Gasteiger partial charge in [-0.2, -0.15) is 5.10 Å². The number of hydrazone groups is 1. The van der Waals surface area contributed by atoms with Gasteiger partial charge in [-0.1, -0.05) is 30.3 Å². The van der Waals surface area contributed by atoms with Crippen LogP contribution in [0.2, 0.25) is 0 Å². The van der Waals surface area contributed by atoms with Crippen molar-refractivity contribution < 1.29 is 9.21 Å².